The molecule has 0 fully saturated rings. The van der Waals surface area contributed by atoms with Crippen molar-refractivity contribution in [3.8, 4) is 11.5 Å². The SMILES string of the molecule is Cc1nnc(-c2ccc(C(=O)NCCC(O)CN3CCc4ccccc4C3)cc2)o1. The molecule has 0 saturated carbocycles. The van der Waals surface area contributed by atoms with E-state index in [2.05, 4.69) is 44.7 Å². The summed E-state index contributed by atoms with van der Waals surface area (Å²) < 4.78 is 5.39. The summed E-state index contributed by atoms with van der Waals surface area (Å²) in [5.74, 6) is 0.768. The lowest BCUT2D eigenvalue weighted by Crippen LogP contribution is -2.38. The Morgan fingerprint density at radius 3 is 2.67 bits per heavy atom. The molecule has 0 aliphatic carbocycles. The first-order valence-electron chi connectivity index (χ1n) is 10.2. The van der Waals surface area contributed by atoms with Crippen LogP contribution in [-0.4, -0.2) is 51.8 Å². The third-order valence-corrected chi connectivity index (χ3v) is 5.36. The first-order chi connectivity index (χ1) is 14.6. The van der Waals surface area contributed by atoms with E-state index in [0.717, 1.165) is 25.1 Å². The van der Waals surface area contributed by atoms with Gasteiger partial charge >= 0.3 is 0 Å². The van der Waals surface area contributed by atoms with E-state index in [1.54, 1.807) is 31.2 Å². The number of rotatable bonds is 7. The lowest BCUT2D eigenvalue weighted by molar-refractivity contribution is 0.0892. The van der Waals surface area contributed by atoms with Crippen LogP contribution in [0.4, 0.5) is 0 Å². The number of carbonyl (C=O) groups is 1. The van der Waals surface area contributed by atoms with Crippen molar-refractivity contribution in [1.82, 2.24) is 20.4 Å². The Morgan fingerprint density at radius 2 is 1.93 bits per heavy atom. The lowest BCUT2D eigenvalue weighted by Gasteiger charge is -2.30. The van der Waals surface area contributed by atoms with Crippen molar-refractivity contribution in [2.45, 2.75) is 32.4 Å². The molecular weight excluding hydrogens is 380 g/mol. The molecule has 2 heterocycles. The molecule has 0 bridgehead atoms. The third kappa shape index (κ3) is 4.93. The highest BCUT2D eigenvalue weighted by Crippen LogP contribution is 2.19. The summed E-state index contributed by atoms with van der Waals surface area (Å²) in [6, 6.07) is 15.5. The second kappa shape index (κ2) is 9.19. The van der Waals surface area contributed by atoms with Gasteiger partial charge in [0, 0.05) is 44.2 Å². The first-order valence-corrected chi connectivity index (χ1v) is 10.2. The fraction of sp³-hybridized carbons (Fsp3) is 0.348. The zero-order chi connectivity index (χ0) is 20.9. The number of hydrogen-bond donors (Lipinski definition) is 2. The molecule has 7 heteroatoms. The van der Waals surface area contributed by atoms with Crippen LogP contribution in [-0.2, 0) is 13.0 Å². The van der Waals surface area contributed by atoms with Crippen molar-refractivity contribution in [1.29, 1.82) is 0 Å². The molecule has 1 aliphatic heterocycles. The normalized spacial score (nSPS) is 14.9. The molecule has 30 heavy (non-hydrogen) atoms. The van der Waals surface area contributed by atoms with Crippen LogP contribution in [0, 0.1) is 6.92 Å². The fourth-order valence-corrected chi connectivity index (χ4v) is 3.73. The van der Waals surface area contributed by atoms with Gasteiger partial charge in [-0.2, -0.15) is 0 Å². The predicted molar refractivity (Wildman–Crippen MR) is 113 cm³/mol. The van der Waals surface area contributed by atoms with Gasteiger partial charge in [-0.15, -0.1) is 10.2 Å². The Morgan fingerprint density at radius 1 is 1.17 bits per heavy atom. The number of aryl methyl sites for hydroxylation is 1. The van der Waals surface area contributed by atoms with Crippen LogP contribution in [0.25, 0.3) is 11.5 Å². The van der Waals surface area contributed by atoms with Crippen molar-refractivity contribution < 1.29 is 14.3 Å². The number of aromatic nitrogens is 2. The molecule has 0 saturated heterocycles. The number of nitrogens with one attached hydrogen (secondary N) is 1. The van der Waals surface area contributed by atoms with E-state index in [9.17, 15) is 9.90 Å². The van der Waals surface area contributed by atoms with Gasteiger partial charge in [-0.25, -0.2) is 0 Å². The van der Waals surface area contributed by atoms with E-state index < -0.39 is 6.10 Å². The maximum absolute atomic E-state index is 12.4. The first kappa shape index (κ1) is 20.3. The highest BCUT2D eigenvalue weighted by molar-refractivity contribution is 5.94. The van der Waals surface area contributed by atoms with Crippen molar-refractivity contribution in [2.24, 2.45) is 0 Å². The number of amides is 1. The average Bonchev–Trinajstić information content (AvgIpc) is 3.20. The minimum atomic E-state index is -0.473. The van der Waals surface area contributed by atoms with Crippen molar-refractivity contribution in [3.63, 3.8) is 0 Å². The number of fused-ring (bicyclic) bond motifs is 1. The monoisotopic (exact) mass is 406 g/mol. The molecule has 3 aromatic rings. The average molecular weight is 406 g/mol. The summed E-state index contributed by atoms with van der Waals surface area (Å²) >= 11 is 0. The quantitative estimate of drug-likeness (QED) is 0.627. The second-order valence-electron chi connectivity index (χ2n) is 7.66. The molecule has 1 amide bonds. The number of hydrogen-bond acceptors (Lipinski definition) is 6. The maximum Gasteiger partial charge on any atom is 0.251 e. The summed E-state index contributed by atoms with van der Waals surface area (Å²) in [4.78, 5) is 14.6. The van der Waals surface area contributed by atoms with Crippen molar-refractivity contribution in [3.05, 3.63) is 71.1 Å². The Hall–Kier alpha value is -3.03. The molecule has 2 aromatic carbocycles. The number of benzene rings is 2. The minimum absolute atomic E-state index is 0.164. The van der Waals surface area contributed by atoms with Crippen molar-refractivity contribution in [2.75, 3.05) is 19.6 Å². The largest absolute Gasteiger partial charge is 0.421 e. The summed E-state index contributed by atoms with van der Waals surface area (Å²) in [6.45, 7) is 4.59. The van der Waals surface area contributed by atoms with Crippen LogP contribution in [0.5, 0.6) is 0 Å². The summed E-state index contributed by atoms with van der Waals surface area (Å²) in [6.07, 6.45) is 1.06. The van der Waals surface area contributed by atoms with Gasteiger partial charge in [-0.05, 0) is 48.2 Å². The van der Waals surface area contributed by atoms with E-state index in [-0.39, 0.29) is 5.91 Å². The van der Waals surface area contributed by atoms with E-state index in [1.807, 2.05) is 0 Å². The molecule has 156 valence electrons. The Kier molecular flexibility index (Phi) is 6.21. The van der Waals surface area contributed by atoms with Gasteiger partial charge in [-0.1, -0.05) is 24.3 Å². The molecule has 1 unspecified atom stereocenters. The molecular formula is C23H26N4O3. The predicted octanol–water partition coefficient (Wildman–Crippen LogP) is 2.58. The second-order valence-corrected chi connectivity index (χ2v) is 7.66. The Bertz CT molecular complexity index is 1000. The van der Waals surface area contributed by atoms with Crippen LogP contribution < -0.4 is 5.32 Å². The zero-order valence-electron chi connectivity index (χ0n) is 17.0. The van der Waals surface area contributed by atoms with Crippen LogP contribution in [0.1, 0.15) is 33.8 Å². The maximum atomic E-state index is 12.4. The van der Waals surface area contributed by atoms with Crippen LogP contribution >= 0.6 is 0 Å². The molecule has 1 aromatic heterocycles. The van der Waals surface area contributed by atoms with Gasteiger partial charge in [0.05, 0.1) is 6.10 Å². The highest BCUT2D eigenvalue weighted by atomic mass is 16.4. The van der Waals surface area contributed by atoms with Crippen molar-refractivity contribution >= 4 is 5.91 Å². The van der Waals surface area contributed by atoms with Gasteiger partial charge < -0.3 is 14.8 Å². The van der Waals surface area contributed by atoms with E-state index in [0.29, 0.717) is 36.9 Å². The topological polar surface area (TPSA) is 91.5 Å². The minimum Gasteiger partial charge on any atom is -0.421 e. The van der Waals surface area contributed by atoms with Gasteiger partial charge in [0.15, 0.2) is 0 Å². The molecule has 7 nitrogen and oxygen atoms in total. The van der Waals surface area contributed by atoms with Gasteiger partial charge in [0.2, 0.25) is 11.8 Å². The summed E-state index contributed by atoms with van der Waals surface area (Å²) in [7, 11) is 0. The molecule has 0 spiro atoms. The third-order valence-electron chi connectivity index (χ3n) is 5.36. The van der Waals surface area contributed by atoms with Crippen LogP contribution in [0.2, 0.25) is 0 Å². The van der Waals surface area contributed by atoms with Crippen LogP contribution in [0.15, 0.2) is 52.9 Å². The number of nitrogens with zero attached hydrogens (tertiary/aromatic N) is 3. The Labute approximate surface area is 175 Å². The molecule has 2 N–H and O–H groups in total. The summed E-state index contributed by atoms with van der Waals surface area (Å²) in [5, 5.41) is 21.0. The molecule has 4 rings (SSSR count). The standard InChI is InChI=1S/C23H26N4O3/c1-16-25-26-23(30-16)19-8-6-18(7-9-19)22(29)24-12-10-21(28)15-27-13-11-17-4-2-3-5-20(17)14-27/h2-9,21,28H,10-15H2,1H3,(H,24,29). The number of aliphatic hydroxyl groups is 1. The number of aliphatic hydroxyl groups excluding tert-OH is 1. The van der Waals surface area contributed by atoms with E-state index >= 15 is 0 Å². The highest BCUT2D eigenvalue weighted by Gasteiger charge is 2.18. The number of β-amino-alcohol motifs (C(OH)–C–C–N with tert-alkyl or cyclic N) is 1. The molecule has 1 aliphatic rings. The van der Waals surface area contributed by atoms with Gasteiger partial charge in [0.25, 0.3) is 5.91 Å². The zero-order valence-corrected chi connectivity index (χ0v) is 17.0. The van der Waals surface area contributed by atoms with E-state index in [1.165, 1.54) is 11.1 Å². The number of carbonyl (C=O) groups excluding carboxylic acids is 1. The van der Waals surface area contributed by atoms with Gasteiger partial charge in [0.1, 0.15) is 0 Å². The van der Waals surface area contributed by atoms with E-state index in [4.69, 9.17) is 4.42 Å². The Balaban J connectivity index is 1.22. The fourth-order valence-electron chi connectivity index (χ4n) is 3.73. The smallest absolute Gasteiger partial charge is 0.251 e. The van der Waals surface area contributed by atoms with Gasteiger partial charge in [-0.3, -0.25) is 9.69 Å². The lowest BCUT2D eigenvalue weighted by atomic mass is 9.99. The molecule has 1 atom stereocenters. The molecule has 0 radical (unpaired) electrons. The van der Waals surface area contributed by atoms with Crippen LogP contribution in [0.3, 0.4) is 0 Å². The summed E-state index contributed by atoms with van der Waals surface area (Å²) in [5.41, 5.74) is 4.06.